The average molecular weight is 740 g/mol. The number of benzene rings is 6. The van der Waals surface area contributed by atoms with E-state index in [0.29, 0.717) is 5.41 Å². The lowest BCUT2D eigenvalue weighted by molar-refractivity contribution is -0.00449. The molecule has 7 aliphatic carbocycles. The number of fused-ring (bicyclic) bond motifs is 6. The maximum Gasteiger partial charge on any atom is 0.0465 e. The summed E-state index contributed by atoms with van der Waals surface area (Å²) < 4.78 is 0. The van der Waals surface area contributed by atoms with Crippen LogP contribution in [-0.4, -0.2) is 0 Å². The molecular formula is C56H53N. The highest BCUT2D eigenvalue weighted by Crippen LogP contribution is 2.62. The molecule has 0 atom stereocenters. The van der Waals surface area contributed by atoms with E-state index in [1.165, 1.54) is 116 Å². The molecule has 4 bridgehead atoms. The van der Waals surface area contributed by atoms with Gasteiger partial charge in [-0.25, -0.2) is 0 Å². The minimum Gasteiger partial charge on any atom is -0.310 e. The molecule has 0 heterocycles. The van der Waals surface area contributed by atoms with Gasteiger partial charge in [0, 0.05) is 27.9 Å². The third-order valence-electron chi connectivity index (χ3n) is 15.9. The molecule has 0 amide bonds. The molecule has 1 heteroatoms. The molecule has 13 rings (SSSR count). The van der Waals surface area contributed by atoms with Gasteiger partial charge in [0.1, 0.15) is 0 Å². The number of hydrogen-bond donors (Lipinski definition) is 0. The molecule has 0 N–H and O–H groups in total. The number of nitrogens with zero attached hydrogens (tertiary/aromatic N) is 1. The molecule has 57 heavy (non-hydrogen) atoms. The molecule has 1 nitrogen and oxygen atoms in total. The SMILES string of the molecule is CC1(C)C2=C(C=CCC2)c2ccc(N(c3ccc(-c4ccc(C56CC7CC(CC(C7)C5)C6)c5ccccc45)cc3)c3ccc4c(c3)C(C)(C)c3ccccc3-4)cc21. The predicted octanol–water partition coefficient (Wildman–Crippen LogP) is 15.1. The van der Waals surface area contributed by atoms with Crippen molar-refractivity contribution in [1.29, 1.82) is 0 Å². The lowest BCUT2D eigenvalue weighted by Gasteiger charge is -2.57. The van der Waals surface area contributed by atoms with Gasteiger partial charge in [0.2, 0.25) is 0 Å². The van der Waals surface area contributed by atoms with Crippen molar-refractivity contribution in [2.45, 2.75) is 95.3 Å². The molecule has 7 aliphatic rings. The normalized spacial score (nSPS) is 25.4. The number of hydrogen-bond acceptors (Lipinski definition) is 1. The molecule has 0 saturated heterocycles. The summed E-state index contributed by atoms with van der Waals surface area (Å²) >= 11 is 0. The van der Waals surface area contributed by atoms with E-state index in [1.807, 2.05) is 0 Å². The summed E-state index contributed by atoms with van der Waals surface area (Å²) in [5.74, 6) is 2.81. The van der Waals surface area contributed by atoms with E-state index in [1.54, 1.807) is 11.1 Å². The Hall–Kier alpha value is -5.14. The zero-order chi connectivity index (χ0) is 38.3. The van der Waals surface area contributed by atoms with E-state index in [2.05, 4.69) is 166 Å². The zero-order valence-corrected chi connectivity index (χ0v) is 34.0. The first-order valence-corrected chi connectivity index (χ1v) is 21.9. The van der Waals surface area contributed by atoms with Crippen LogP contribution < -0.4 is 4.90 Å². The Morgan fingerprint density at radius 3 is 1.79 bits per heavy atom. The second kappa shape index (κ2) is 12.0. The van der Waals surface area contributed by atoms with Crippen molar-refractivity contribution in [3.8, 4) is 22.3 Å². The highest BCUT2D eigenvalue weighted by molar-refractivity contribution is 5.99. The molecule has 6 aromatic carbocycles. The van der Waals surface area contributed by atoms with Crippen molar-refractivity contribution in [1.82, 2.24) is 0 Å². The molecule has 0 unspecified atom stereocenters. The lowest BCUT2D eigenvalue weighted by Crippen LogP contribution is -2.48. The van der Waals surface area contributed by atoms with Gasteiger partial charge < -0.3 is 4.90 Å². The Labute approximate surface area is 339 Å². The number of anilines is 3. The Morgan fingerprint density at radius 1 is 0.491 bits per heavy atom. The van der Waals surface area contributed by atoms with E-state index in [9.17, 15) is 0 Å². The molecule has 0 aromatic heterocycles. The van der Waals surface area contributed by atoms with Crippen LogP contribution in [0.15, 0.2) is 139 Å². The van der Waals surface area contributed by atoms with Gasteiger partial charge in [0.15, 0.2) is 0 Å². The summed E-state index contributed by atoms with van der Waals surface area (Å²) in [6.45, 7) is 9.65. The van der Waals surface area contributed by atoms with Gasteiger partial charge in [0.05, 0.1) is 0 Å². The predicted molar refractivity (Wildman–Crippen MR) is 240 cm³/mol. The maximum absolute atomic E-state index is 2.55. The van der Waals surface area contributed by atoms with E-state index in [0.717, 1.165) is 30.6 Å². The third kappa shape index (κ3) is 4.87. The molecule has 0 radical (unpaired) electrons. The fourth-order valence-electron chi connectivity index (χ4n) is 13.7. The van der Waals surface area contributed by atoms with Gasteiger partial charge in [-0.3, -0.25) is 0 Å². The summed E-state index contributed by atoms with van der Waals surface area (Å²) in [6, 6.07) is 47.3. The summed E-state index contributed by atoms with van der Waals surface area (Å²) in [6.07, 6.45) is 15.6. The van der Waals surface area contributed by atoms with Crippen molar-refractivity contribution < 1.29 is 0 Å². The van der Waals surface area contributed by atoms with E-state index < -0.39 is 0 Å². The van der Waals surface area contributed by atoms with Gasteiger partial charge in [-0.1, -0.05) is 130 Å². The van der Waals surface area contributed by atoms with E-state index in [-0.39, 0.29) is 10.8 Å². The van der Waals surface area contributed by atoms with Crippen molar-refractivity contribution in [2.75, 3.05) is 4.90 Å². The summed E-state index contributed by atoms with van der Waals surface area (Å²) in [5, 5.41) is 2.89. The third-order valence-corrected chi connectivity index (χ3v) is 15.9. The molecule has 4 saturated carbocycles. The monoisotopic (exact) mass is 739 g/mol. The number of rotatable bonds is 5. The average Bonchev–Trinajstić information content (AvgIpc) is 3.59. The minimum atomic E-state index is -0.0733. The first kappa shape index (κ1) is 33.9. The van der Waals surface area contributed by atoms with Crippen LogP contribution in [-0.2, 0) is 16.2 Å². The smallest absolute Gasteiger partial charge is 0.0465 e. The molecule has 282 valence electrons. The highest BCUT2D eigenvalue weighted by atomic mass is 15.1. The maximum atomic E-state index is 2.55. The number of allylic oxidation sites excluding steroid dienone is 4. The van der Waals surface area contributed by atoms with E-state index in [4.69, 9.17) is 0 Å². The second-order valence-electron chi connectivity index (χ2n) is 19.9. The van der Waals surface area contributed by atoms with Crippen molar-refractivity contribution in [3.63, 3.8) is 0 Å². The largest absolute Gasteiger partial charge is 0.310 e. The fraction of sp³-hybridized carbons (Fsp3) is 0.321. The van der Waals surface area contributed by atoms with Crippen LogP contribution in [0.25, 0.3) is 38.6 Å². The van der Waals surface area contributed by atoms with Crippen molar-refractivity contribution >= 4 is 33.4 Å². The summed E-state index contributed by atoms with van der Waals surface area (Å²) in [7, 11) is 0. The fourth-order valence-corrected chi connectivity index (χ4v) is 13.7. The second-order valence-corrected chi connectivity index (χ2v) is 19.9. The van der Waals surface area contributed by atoms with Crippen LogP contribution in [0.2, 0.25) is 0 Å². The quantitative estimate of drug-likeness (QED) is 0.170. The summed E-state index contributed by atoms with van der Waals surface area (Å²) in [4.78, 5) is 2.51. The molecular weight excluding hydrogens is 687 g/mol. The van der Waals surface area contributed by atoms with Crippen LogP contribution in [0.4, 0.5) is 17.1 Å². The summed E-state index contributed by atoms with van der Waals surface area (Å²) in [5.41, 5.74) is 19.6. The van der Waals surface area contributed by atoms with Gasteiger partial charge >= 0.3 is 0 Å². The Bertz CT molecular complexity index is 2680. The Balaban J connectivity index is 0.971. The van der Waals surface area contributed by atoms with Crippen LogP contribution >= 0.6 is 0 Å². The molecule has 0 aliphatic heterocycles. The minimum absolute atomic E-state index is 0.00588. The Kier molecular flexibility index (Phi) is 7.12. The van der Waals surface area contributed by atoms with Crippen LogP contribution in [0.5, 0.6) is 0 Å². The lowest BCUT2D eigenvalue weighted by atomic mass is 9.47. The highest BCUT2D eigenvalue weighted by Gasteiger charge is 2.52. The van der Waals surface area contributed by atoms with Crippen LogP contribution in [0.1, 0.15) is 107 Å². The van der Waals surface area contributed by atoms with Gasteiger partial charge in [-0.15, -0.1) is 0 Å². The van der Waals surface area contributed by atoms with Crippen molar-refractivity contribution in [2.24, 2.45) is 17.8 Å². The Morgan fingerprint density at radius 2 is 1.07 bits per heavy atom. The first-order valence-electron chi connectivity index (χ1n) is 21.9. The zero-order valence-electron chi connectivity index (χ0n) is 34.0. The van der Waals surface area contributed by atoms with Gasteiger partial charge in [0.25, 0.3) is 0 Å². The first-order chi connectivity index (χ1) is 27.7. The van der Waals surface area contributed by atoms with E-state index >= 15 is 0 Å². The van der Waals surface area contributed by atoms with Crippen molar-refractivity contribution in [3.05, 3.63) is 167 Å². The van der Waals surface area contributed by atoms with Crippen LogP contribution in [0.3, 0.4) is 0 Å². The molecule has 0 spiro atoms. The topological polar surface area (TPSA) is 3.24 Å². The van der Waals surface area contributed by atoms with Crippen LogP contribution in [0, 0.1) is 17.8 Å². The van der Waals surface area contributed by atoms with Gasteiger partial charge in [-0.2, -0.15) is 0 Å². The molecule has 4 fully saturated rings. The molecule has 6 aromatic rings. The van der Waals surface area contributed by atoms with Gasteiger partial charge in [-0.05, 0) is 177 Å². The standard InChI is InChI=1S/C56H53N/c1-54(2)49-15-9-7-13-45(49)47-23-21-40(30-52(47)54)57(41-22-24-48-46-14-8-10-16-50(46)55(3,4)53(48)31-41)39-19-17-38(18-20-39)42-25-26-51(44-12-6-5-11-43(42)44)56-32-35-27-36(33-56)29-37(28-35)34-56/h5-9,11-15,17-26,30-31,35-37H,10,16,27-29,32-34H2,1-4H3.